The highest BCUT2D eigenvalue weighted by molar-refractivity contribution is 7.89. The second kappa shape index (κ2) is 7.05. The third-order valence-corrected chi connectivity index (χ3v) is 5.02. The van der Waals surface area contributed by atoms with E-state index in [2.05, 4.69) is 16.7 Å². The molecule has 1 unspecified atom stereocenters. The van der Waals surface area contributed by atoms with Crippen molar-refractivity contribution in [2.24, 2.45) is 7.05 Å². The Morgan fingerprint density at radius 2 is 2.05 bits per heavy atom. The predicted octanol–water partition coefficient (Wildman–Crippen LogP) is 2.37. The summed E-state index contributed by atoms with van der Waals surface area (Å²) in [5.74, 6) is 0. The molecule has 0 aliphatic rings. The average Bonchev–Trinajstić information content (AvgIpc) is 2.66. The largest absolute Gasteiger partial charge is 0.272 e. The Labute approximate surface area is 116 Å². The van der Waals surface area contributed by atoms with Crippen LogP contribution in [0.15, 0.2) is 11.1 Å². The van der Waals surface area contributed by atoms with Crippen molar-refractivity contribution in [3.05, 3.63) is 11.9 Å². The highest BCUT2D eigenvalue weighted by atomic mass is 32.2. The Kier molecular flexibility index (Phi) is 6.00. The Bertz CT molecular complexity index is 494. The maximum Gasteiger partial charge on any atom is 0.244 e. The van der Waals surface area contributed by atoms with Crippen LogP contribution in [0.5, 0.6) is 0 Å². The number of aryl methyl sites for hydroxylation is 1. The molecule has 0 aliphatic carbocycles. The van der Waals surface area contributed by atoms with E-state index in [1.54, 1.807) is 18.7 Å². The molecule has 1 N–H and O–H groups in total. The lowest BCUT2D eigenvalue weighted by molar-refractivity contribution is 0.521. The molecule has 1 atom stereocenters. The van der Waals surface area contributed by atoms with Crippen LogP contribution in [-0.4, -0.2) is 24.2 Å². The SMILES string of the molecule is CCCCCCC(C)NS(=O)(=O)c1cnn(C)c1C. The molecular formula is C13H25N3O2S. The lowest BCUT2D eigenvalue weighted by Crippen LogP contribution is -2.32. The molecule has 1 aromatic heterocycles. The van der Waals surface area contributed by atoms with Crippen LogP contribution in [0.4, 0.5) is 0 Å². The molecule has 0 radical (unpaired) electrons. The van der Waals surface area contributed by atoms with Crippen LogP contribution in [-0.2, 0) is 17.1 Å². The Hall–Kier alpha value is -0.880. The maximum absolute atomic E-state index is 12.2. The van der Waals surface area contributed by atoms with Gasteiger partial charge in [0.2, 0.25) is 10.0 Å². The smallest absolute Gasteiger partial charge is 0.244 e. The highest BCUT2D eigenvalue weighted by Crippen LogP contribution is 2.14. The van der Waals surface area contributed by atoms with Gasteiger partial charge in [-0.15, -0.1) is 0 Å². The Morgan fingerprint density at radius 1 is 1.37 bits per heavy atom. The molecule has 5 nitrogen and oxygen atoms in total. The summed E-state index contributed by atoms with van der Waals surface area (Å²) in [6.45, 7) is 5.83. The van der Waals surface area contributed by atoms with E-state index < -0.39 is 10.0 Å². The standard InChI is InChI=1S/C13H25N3O2S/c1-5-6-7-8-9-11(2)15-19(17,18)13-10-14-16(4)12(13)3/h10-11,15H,5-9H2,1-4H3. The zero-order valence-corrected chi connectivity index (χ0v) is 13.1. The number of aromatic nitrogens is 2. The van der Waals surface area contributed by atoms with Crippen molar-refractivity contribution < 1.29 is 8.42 Å². The molecule has 1 rings (SSSR count). The first-order valence-corrected chi connectivity index (χ1v) is 8.37. The molecule has 0 saturated carbocycles. The third kappa shape index (κ3) is 4.62. The highest BCUT2D eigenvalue weighted by Gasteiger charge is 2.21. The Morgan fingerprint density at radius 3 is 2.58 bits per heavy atom. The van der Waals surface area contributed by atoms with Crippen LogP contribution in [0.2, 0.25) is 0 Å². The predicted molar refractivity (Wildman–Crippen MR) is 76.5 cm³/mol. The van der Waals surface area contributed by atoms with E-state index in [9.17, 15) is 8.42 Å². The van der Waals surface area contributed by atoms with Crippen molar-refractivity contribution in [1.82, 2.24) is 14.5 Å². The first-order chi connectivity index (χ1) is 8.88. The van der Waals surface area contributed by atoms with Crippen LogP contribution >= 0.6 is 0 Å². The maximum atomic E-state index is 12.2. The first-order valence-electron chi connectivity index (χ1n) is 6.89. The summed E-state index contributed by atoms with van der Waals surface area (Å²) in [6.07, 6.45) is 6.90. The van der Waals surface area contributed by atoms with E-state index in [0.717, 1.165) is 19.3 Å². The number of nitrogens with zero attached hydrogens (tertiary/aromatic N) is 2. The minimum Gasteiger partial charge on any atom is -0.272 e. The summed E-state index contributed by atoms with van der Waals surface area (Å²) in [5.41, 5.74) is 0.658. The fourth-order valence-electron chi connectivity index (χ4n) is 2.01. The second-order valence-electron chi connectivity index (χ2n) is 5.09. The minimum absolute atomic E-state index is 0.0403. The number of rotatable bonds is 8. The molecular weight excluding hydrogens is 262 g/mol. The molecule has 0 fully saturated rings. The molecule has 0 spiro atoms. The molecule has 1 aromatic rings. The number of sulfonamides is 1. The van der Waals surface area contributed by atoms with Gasteiger partial charge in [-0.25, -0.2) is 13.1 Å². The van der Waals surface area contributed by atoms with Gasteiger partial charge in [0.15, 0.2) is 0 Å². The zero-order chi connectivity index (χ0) is 14.5. The van der Waals surface area contributed by atoms with Gasteiger partial charge in [0, 0.05) is 13.1 Å². The van der Waals surface area contributed by atoms with E-state index in [4.69, 9.17) is 0 Å². The lowest BCUT2D eigenvalue weighted by Gasteiger charge is -2.13. The summed E-state index contributed by atoms with van der Waals surface area (Å²) in [4.78, 5) is 0.274. The molecule has 19 heavy (non-hydrogen) atoms. The normalized spacial score (nSPS) is 13.7. The summed E-state index contributed by atoms with van der Waals surface area (Å²) in [7, 11) is -1.71. The monoisotopic (exact) mass is 287 g/mol. The molecule has 0 aromatic carbocycles. The van der Waals surface area contributed by atoms with E-state index >= 15 is 0 Å². The van der Waals surface area contributed by atoms with E-state index in [0.29, 0.717) is 5.69 Å². The van der Waals surface area contributed by atoms with Crippen molar-refractivity contribution in [1.29, 1.82) is 0 Å². The second-order valence-corrected chi connectivity index (χ2v) is 6.77. The fraction of sp³-hybridized carbons (Fsp3) is 0.769. The average molecular weight is 287 g/mol. The van der Waals surface area contributed by atoms with Gasteiger partial charge >= 0.3 is 0 Å². The van der Waals surface area contributed by atoms with Crippen molar-refractivity contribution in [3.63, 3.8) is 0 Å². The van der Waals surface area contributed by atoms with Crippen molar-refractivity contribution >= 4 is 10.0 Å². The molecule has 0 aliphatic heterocycles. The number of unbranched alkanes of at least 4 members (excludes halogenated alkanes) is 3. The zero-order valence-electron chi connectivity index (χ0n) is 12.3. The molecule has 110 valence electrons. The van der Waals surface area contributed by atoms with Crippen molar-refractivity contribution in [3.8, 4) is 0 Å². The minimum atomic E-state index is -3.45. The summed E-state index contributed by atoms with van der Waals surface area (Å²) < 4.78 is 28.7. The van der Waals surface area contributed by atoms with Crippen LogP contribution in [0.1, 0.15) is 51.6 Å². The van der Waals surface area contributed by atoms with Crippen LogP contribution in [0, 0.1) is 6.92 Å². The number of hydrogen-bond acceptors (Lipinski definition) is 3. The van der Waals surface area contributed by atoms with Gasteiger partial charge in [0.05, 0.1) is 11.9 Å². The topological polar surface area (TPSA) is 64.0 Å². The van der Waals surface area contributed by atoms with Gasteiger partial charge in [-0.1, -0.05) is 32.6 Å². The molecule has 6 heteroatoms. The summed E-state index contributed by atoms with van der Waals surface area (Å²) in [5, 5.41) is 3.97. The fourth-order valence-corrected chi connectivity index (χ4v) is 3.49. The first kappa shape index (κ1) is 16.2. The summed E-state index contributed by atoms with van der Waals surface area (Å²) in [6, 6.07) is -0.0403. The van der Waals surface area contributed by atoms with Gasteiger partial charge in [-0.2, -0.15) is 5.10 Å². The molecule has 1 heterocycles. The van der Waals surface area contributed by atoms with Gasteiger partial charge in [-0.05, 0) is 20.3 Å². The third-order valence-electron chi connectivity index (χ3n) is 3.33. The summed E-state index contributed by atoms with van der Waals surface area (Å²) >= 11 is 0. The van der Waals surface area contributed by atoms with Gasteiger partial charge in [0.1, 0.15) is 4.90 Å². The molecule has 0 amide bonds. The van der Waals surface area contributed by atoms with Crippen LogP contribution in [0.3, 0.4) is 0 Å². The quantitative estimate of drug-likeness (QED) is 0.747. The Balaban J connectivity index is 2.57. The van der Waals surface area contributed by atoms with Gasteiger partial charge in [0.25, 0.3) is 0 Å². The molecule has 0 bridgehead atoms. The number of hydrogen-bond donors (Lipinski definition) is 1. The number of nitrogens with one attached hydrogen (secondary N) is 1. The van der Waals surface area contributed by atoms with E-state index in [1.165, 1.54) is 19.0 Å². The van der Waals surface area contributed by atoms with Gasteiger partial charge in [-0.3, -0.25) is 4.68 Å². The molecule has 0 saturated heterocycles. The van der Waals surface area contributed by atoms with Crippen LogP contribution < -0.4 is 4.72 Å². The van der Waals surface area contributed by atoms with Gasteiger partial charge < -0.3 is 0 Å². The van der Waals surface area contributed by atoms with Crippen molar-refractivity contribution in [2.45, 2.75) is 63.8 Å². The van der Waals surface area contributed by atoms with Crippen LogP contribution in [0.25, 0.3) is 0 Å². The van der Waals surface area contributed by atoms with E-state index in [-0.39, 0.29) is 10.9 Å². The van der Waals surface area contributed by atoms with E-state index in [1.807, 2.05) is 6.92 Å². The lowest BCUT2D eigenvalue weighted by atomic mass is 10.1. The van der Waals surface area contributed by atoms with Crippen molar-refractivity contribution in [2.75, 3.05) is 0 Å².